The Labute approximate surface area is 67.7 Å². The van der Waals surface area contributed by atoms with Crippen molar-refractivity contribution in [1.29, 1.82) is 0 Å². The van der Waals surface area contributed by atoms with Gasteiger partial charge in [-0.3, -0.25) is 0 Å². The van der Waals surface area contributed by atoms with Gasteiger partial charge in [0.05, 0.1) is 11.7 Å². The smallest absolute Gasteiger partial charge is 0.0899 e. The zero-order valence-electron chi connectivity index (χ0n) is 7.00. The molecule has 2 aliphatic rings. The third kappa shape index (κ3) is 1.25. The van der Waals surface area contributed by atoms with Crippen LogP contribution in [0.1, 0.15) is 20.3 Å². The van der Waals surface area contributed by atoms with Gasteiger partial charge in [0.25, 0.3) is 0 Å². The van der Waals surface area contributed by atoms with Gasteiger partial charge < -0.3 is 4.74 Å². The van der Waals surface area contributed by atoms with E-state index in [9.17, 15) is 0 Å². The largest absolute Gasteiger partial charge is 0.367 e. The van der Waals surface area contributed by atoms with Crippen LogP contribution in [-0.2, 0) is 4.74 Å². The summed E-state index contributed by atoms with van der Waals surface area (Å²) in [5.74, 6) is 0.565. The van der Waals surface area contributed by atoms with Crippen molar-refractivity contribution in [2.45, 2.75) is 32.0 Å². The number of allylic oxidation sites excluding steroid dienone is 2. The average Bonchev–Trinajstić information content (AvgIpc) is 2.21. The lowest BCUT2D eigenvalue weighted by Crippen LogP contribution is -2.19. The predicted molar refractivity (Wildman–Crippen MR) is 44.0 cm³/mol. The Balaban J connectivity index is 2.18. The van der Waals surface area contributed by atoms with Crippen LogP contribution in [0.3, 0.4) is 0 Å². The van der Waals surface area contributed by atoms with Gasteiger partial charge in [-0.2, -0.15) is 0 Å². The van der Waals surface area contributed by atoms with Gasteiger partial charge >= 0.3 is 0 Å². The number of hydrogen-bond donors (Lipinski definition) is 0. The van der Waals surface area contributed by atoms with Gasteiger partial charge in [-0.05, 0) is 26.3 Å². The number of fused-ring (bicyclic) bond motifs is 1. The fourth-order valence-corrected chi connectivity index (χ4v) is 1.83. The van der Waals surface area contributed by atoms with Crippen LogP contribution in [0.25, 0.3) is 0 Å². The predicted octanol–water partition coefficient (Wildman–Crippen LogP) is 2.10. The normalized spacial score (nSPS) is 39.1. The molecule has 0 aromatic heterocycles. The summed E-state index contributed by atoms with van der Waals surface area (Å²) < 4.78 is 5.76. The highest BCUT2D eigenvalue weighted by molar-refractivity contribution is 5.14. The molecule has 0 spiro atoms. The van der Waals surface area contributed by atoms with Crippen molar-refractivity contribution in [3.8, 4) is 0 Å². The van der Waals surface area contributed by atoms with Crippen LogP contribution >= 0.6 is 0 Å². The summed E-state index contributed by atoms with van der Waals surface area (Å²) in [6.45, 7) is 4.28. The van der Waals surface area contributed by atoms with Crippen LogP contribution in [0.5, 0.6) is 0 Å². The fourth-order valence-electron chi connectivity index (χ4n) is 1.83. The lowest BCUT2D eigenvalue weighted by molar-refractivity contribution is -0.000581. The second kappa shape index (κ2) is 2.21. The first-order chi connectivity index (χ1) is 5.17. The molecule has 0 bridgehead atoms. The fraction of sp³-hybridized carbons (Fsp3) is 0.600. The van der Waals surface area contributed by atoms with E-state index in [1.165, 1.54) is 0 Å². The Morgan fingerprint density at radius 1 is 1.55 bits per heavy atom. The van der Waals surface area contributed by atoms with Crippen molar-refractivity contribution in [1.82, 2.24) is 0 Å². The molecule has 2 rings (SSSR count). The highest BCUT2D eigenvalue weighted by atomic mass is 16.5. The minimum Gasteiger partial charge on any atom is -0.367 e. The number of hydrogen-bond acceptors (Lipinski definition) is 1. The second-order valence-corrected chi connectivity index (χ2v) is 3.88. The maximum absolute atomic E-state index is 5.76. The van der Waals surface area contributed by atoms with Crippen molar-refractivity contribution < 1.29 is 4.74 Å². The van der Waals surface area contributed by atoms with E-state index >= 15 is 0 Å². The molecule has 59 valence electrons. The molecule has 0 amide bonds. The molecule has 1 aliphatic carbocycles. The van der Waals surface area contributed by atoms with Crippen molar-refractivity contribution >= 4 is 0 Å². The van der Waals surface area contributed by atoms with Crippen LogP contribution in [0, 0.1) is 12.0 Å². The Bertz CT molecular complexity index is 191. The van der Waals surface area contributed by atoms with Gasteiger partial charge in [-0.25, -0.2) is 0 Å². The minimum absolute atomic E-state index is 0.0465. The van der Waals surface area contributed by atoms with Gasteiger partial charge in [-0.1, -0.05) is 18.2 Å². The SMILES string of the molecule is CC1(C)CC2C=CC=[C]C2O1. The van der Waals surface area contributed by atoms with E-state index < -0.39 is 0 Å². The van der Waals surface area contributed by atoms with Gasteiger partial charge in [0.1, 0.15) is 0 Å². The first-order valence-electron chi connectivity index (χ1n) is 4.11. The quantitative estimate of drug-likeness (QED) is 0.512. The number of ether oxygens (including phenoxy) is 1. The molecule has 0 aromatic rings. The standard InChI is InChI=1S/C10H13O/c1-10(2)7-8-5-3-4-6-9(8)11-10/h3-5,8-9H,7H2,1-2H3. The topological polar surface area (TPSA) is 9.23 Å². The number of rotatable bonds is 0. The first-order valence-corrected chi connectivity index (χ1v) is 4.11. The van der Waals surface area contributed by atoms with Gasteiger partial charge in [-0.15, -0.1) is 0 Å². The van der Waals surface area contributed by atoms with Gasteiger partial charge in [0.15, 0.2) is 0 Å². The van der Waals surface area contributed by atoms with Crippen LogP contribution in [-0.4, -0.2) is 11.7 Å². The Morgan fingerprint density at radius 2 is 2.36 bits per heavy atom. The van der Waals surface area contributed by atoms with Gasteiger partial charge in [0, 0.05) is 5.92 Å². The third-order valence-corrected chi connectivity index (χ3v) is 2.28. The Kier molecular flexibility index (Phi) is 1.43. The Morgan fingerprint density at radius 3 is 3.09 bits per heavy atom. The summed E-state index contributed by atoms with van der Waals surface area (Å²) in [6, 6.07) is 0. The van der Waals surface area contributed by atoms with Crippen LogP contribution < -0.4 is 0 Å². The van der Waals surface area contributed by atoms with Gasteiger partial charge in [0.2, 0.25) is 0 Å². The van der Waals surface area contributed by atoms with E-state index in [0.717, 1.165) is 6.42 Å². The molecule has 0 saturated carbocycles. The Hall–Kier alpha value is -0.560. The molecule has 1 saturated heterocycles. The monoisotopic (exact) mass is 149 g/mol. The van der Waals surface area contributed by atoms with Crippen molar-refractivity contribution in [3.05, 3.63) is 24.3 Å². The molecule has 1 heteroatoms. The van der Waals surface area contributed by atoms with E-state index in [0.29, 0.717) is 5.92 Å². The maximum Gasteiger partial charge on any atom is 0.0899 e. The highest BCUT2D eigenvalue weighted by Gasteiger charge is 2.38. The summed E-state index contributed by atoms with van der Waals surface area (Å²) in [6.07, 6.45) is 10.8. The molecule has 1 radical (unpaired) electrons. The molecular weight excluding hydrogens is 136 g/mol. The highest BCUT2D eigenvalue weighted by Crippen LogP contribution is 2.36. The molecule has 1 fully saturated rings. The van der Waals surface area contributed by atoms with Crippen molar-refractivity contribution in [2.75, 3.05) is 0 Å². The molecule has 2 unspecified atom stereocenters. The van der Waals surface area contributed by atoms with E-state index in [1.54, 1.807) is 0 Å². The lowest BCUT2D eigenvalue weighted by atomic mass is 9.92. The summed E-state index contributed by atoms with van der Waals surface area (Å²) in [5.41, 5.74) is 0.0465. The maximum atomic E-state index is 5.76. The summed E-state index contributed by atoms with van der Waals surface area (Å²) in [4.78, 5) is 0. The molecule has 1 heterocycles. The minimum atomic E-state index is 0.0465. The van der Waals surface area contributed by atoms with Crippen LogP contribution in [0.2, 0.25) is 0 Å². The summed E-state index contributed by atoms with van der Waals surface area (Å²) >= 11 is 0. The van der Waals surface area contributed by atoms with Crippen LogP contribution in [0.15, 0.2) is 18.2 Å². The average molecular weight is 149 g/mol. The molecule has 11 heavy (non-hydrogen) atoms. The molecule has 2 atom stereocenters. The zero-order chi connectivity index (χ0) is 7.90. The summed E-state index contributed by atoms with van der Waals surface area (Å²) in [5, 5.41) is 0. The van der Waals surface area contributed by atoms with Crippen LogP contribution in [0.4, 0.5) is 0 Å². The lowest BCUT2D eigenvalue weighted by Gasteiger charge is -2.17. The van der Waals surface area contributed by atoms with Crippen molar-refractivity contribution in [3.63, 3.8) is 0 Å². The summed E-state index contributed by atoms with van der Waals surface area (Å²) in [7, 11) is 0. The molecule has 1 aliphatic heterocycles. The van der Waals surface area contributed by atoms with E-state index in [-0.39, 0.29) is 11.7 Å². The second-order valence-electron chi connectivity index (χ2n) is 3.88. The third-order valence-electron chi connectivity index (χ3n) is 2.28. The molecule has 0 aromatic carbocycles. The van der Waals surface area contributed by atoms with Crippen molar-refractivity contribution in [2.24, 2.45) is 5.92 Å². The van der Waals surface area contributed by atoms with E-state index in [2.05, 4.69) is 32.1 Å². The van der Waals surface area contributed by atoms with E-state index in [1.807, 2.05) is 6.08 Å². The zero-order valence-corrected chi connectivity index (χ0v) is 7.00. The molecular formula is C10H13O. The molecule has 0 N–H and O–H groups in total. The molecule has 1 nitrogen and oxygen atoms in total. The van der Waals surface area contributed by atoms with E-state index in [4.69, 9.17) is 4.74 Å². The first kappa shape index (κ1) is 7.11.